The molecule has 0 saturated carbocycles. The normalized spacial score (nSPS) is 10.3. The summed E-state index contributed by atoms with van der Waals surface area (Å²) in [6.45, 7) is 5.63. The van der Waals surface area contributed by atoms with Crippen LogP contribution in [0.25, 0.3) is 0 Å². The SMILES string of the molecule is CCCN(CCC)C(=O)c1ccc(Nc2cc(OC)c(OC)c(OC)c2)nc1. The molecule has 28 heavy (non-hydrogen) atoms. The van der Waals surface area contributed by atoms with Crippen LogP contribution >= 0.6 is 0 Å². The lowest BCUT2D eigenvalue weighted by Gasteiger charge is -2.21. The molecule has 1 amide bonds. The molecule has 152 valence electrons. The van der Waals surface area contributed by atoms with Gasteiger partial charge in [0, 0.05) is 37.1 Å². The van der Waals surface area contributed by atoms with Crippen LogP contribution in [0, 0.1) is 0 Å². The van der Waals surface area contributed by atoms with Crippen LogP contribution < -0.4 is 19.5 Å². The van der Waals surface area contributed by atoms with Crippen LogP contribution in [0.3, 0.4) is 0 Å². The molecule has 0 aliphatic heterocycles. The van der Waals surface area contributed by atoms with Gasteiger partial charge in [-0.2, -0.15) is 0 Å². The van der Waals surface area contributed by atoms with Gasteiger partial charge in [0.1, 0.15) is 5.82 Å². The van der Waals surface area contributed by atoms with E-state index >= 15 is 0 Å². The molecule has 0 radical (unpaired) electrons. The van der Waals surface area contributed by atoms with Gasteiger partial charge in [-0.1, -0.05) is 13.8 Å². The van der Waals surface area contributed by atoms with Gasteiger partial charge >= 0.3 is 0 Å². The number of hydrogen-bond acceptors (Lipinski definition) is 6. The Kier molecular flexibility index (Phi) is 7.92. The van der Waals surface area contributed by atoms with Gasteiger partial charge in [0.05, 0.1) is 26.9 Å². The second kappa shape index (κ2) is 10.4. The van der Waals surface area contributed by atoms with Crippen molar-refractivity contribution in [3.05, 3.63) is 36.0 Å². The minimum absolute atomic E-state index is 0.00976. The molecule has 0 spiro atoms. The first-order valence-electron chi connectivity index (χ1n) is 9.40. The Hall–Kier alpha value is -2.96. The number of nitrogens with zero attached hydrogens (tertiary/aromatic N) is 2. The minimum atomic E-state index is 0.00976. The van der Waals surface area contributed by atoms with Crippen molar-refractivity contribution in [2.45, 2.75) is 26.7 Å². The van der Waals surface area contributed by atoms with E-state index in [1.807, 2.05) is 4.90 Å². The fourth-order valence-corrected chi connectivity index (χ4v) is 2.93. The van der Waals surface area contributed by atoms with Gasteiger partial charge in [0.15, 0.2) is 11.5 Å². The Labute approximate surface area is 166 Å². The highest BCUT2D eigenvalue weighted by Crippen LogP contribution is 2.40. The number of anilines is 2. The molecular weight excluding hydrogens is 358 g/mol. The van der Waals surface area contributed by atoms with E-state index in [0.29, 0.717) is 28.6 Å². The highest BCUT2D eigenvalue weighted by molar-refractivity contribution is 5.94. The molecule has 7 nitrogen and oxygen atoms in total. The number of amides is 1. The summed E-state index contributed by atoms with van der Waals surface area (Å²) in [7, 11) is 4.70. The lowest BCUT2D eigenvalue weighted by Crippen LogP contribution is -2.32. The number of pyridine rings is 1. The number of rotatable bonds is 10. The number of methoxy groups -OCH3 is 3. The van der Waals surface area contributed by atoms with Crippen LogP contribution in [0.15, 0.2) is 30.5 Å². The maximum Gasteiger partial charge on any atom is 0.255 e. The van der Waals surface area contributed by atoms with Crippen LogP contribution in [0.2, 0.25) is 0 Å². The lowest BCUT2D eigenvalue weighted by molar-refractivity contribution is 0.0755. The average molecular weight is 387 g/mol. The molecule has 0 saturated heterocycles. The second-order valence-electron chi connectivity index (χ2n) is 6.26. The molecule has 0 aliphatic carbocycles. The molecule has 0 bridgehead atoms. The third-order valence-electron chi connectivity index (χ3n) is 4.22. The molecule has 2 aromatic rings. The van der Waals surface area contributed by atoms with Crippen molar-refractivity contribution in [2.75, 3.05) is 39.7 Å². The number of benzene rings is 1. The predicted octanol–water partition coefficient (Wildman–Crippen LogP) is 4.11. The maximum absolute atomic E-state index is 12.7. The Bertz CT molecular complexity index is 747. The van der Waals surface area contributed by atoms with Gasteiger partial charge in [0.2, 0.25) is 5.75 Å². The van der Waals surface area contributed by atoms with Crippen molar-refractivity contribution >= 4 is 17.4 Å². The Morgan fingerprint density at radius 3 is 2.04 bits per heavy atom. The highest BCUT2D eigenvalue weighted by atomic mass is 16.5. The molecule has 1 N–H and O–H groups in total. The second-order valence-corrected chi connectivity index (χ2v) is 6.26. The standard InChI is InChI=1S/C21H29N3O4/c1-6-10-24(11-7-2)21(25)15-8-9-19(22-14-15)23-16-12-17(26-3)20(28-5)18(13-16)27-4/h8-9,12-14H,6-7,10-11H2,1-5H3,(H,22,23). The number of carbonyl (C=O) groups is 1. The maximum atomic E-state index is 12.7. The summed E-state index contributed by atoms with van der Waals surface area (Å²) in [5.74, 6) is 2.24. The van der Waals surface area contributed by atoms with Crippen molar-refractivity contribution < 1.29 is 19.0 Å². The zero-order valence-electron chi connectivity index (χ0n) is 17.2. The van der Waals surface area contributed by atoms with Crippen molar-refractivity contribution in [3.63, 3.8) is 0 Å². The average Bonchev–Trinajstić information content (AvgIpc) is 2.72. The van der Waals surface area contributed by atoms with E-state index in [4.69, 9.17) is 14.2 Å². The summed E-state index contributed by atoms with van der Waals surface area (Å²) in [5.41, 5.74) is 1.32. The van der Waals surface area contributed by atoms with E-state index in [1.54, 1.807) is 51.8 Å². The van der Waals surface area contributed by atoms with Crippen molar-refractivity contribution in [1.82, 2.24) is 9.88 Å². The zero-order valence-corrected chi connectivity index (χ0v) is 17.2. The number of aromatic nitrogens is 1. The summed E-state index contributed by atoms with van der Waals surface area (Å²) in [6.07, 6.45) is 3.46. The van der Waals surface area contributed by atoms with Crippen LogP contribution in [-0.2, 0) is 0 Å². The van der Waals surface area contributed by atoms with Gasteiger partial charge < -0.3 is 24.4 Å². The fraction of sp³-hybridized carbons (Fsp3) is 0.429. The van der Waals surface area contributed by atoms with E-state index in [0.717, 1.165) is 31.6 Å². The molecule has 0 aliphatic rings. The first-order valence-corrected chi connectivity index (χ1v) is 9.40. The molecule has 0 atom stereocenters. The van der Waals surface area contributed by atoms with E-state index in [9.17, 15) is 4.79 Å². The Balaban J connectivity index is 2.19. The summed E-state index contributed by atoms with van der Waals surface area (Å²) in [4.78, 5) is 18.9. The van der Waals surface area contributed by atoms with Crippen molar-refractivity contribution in [1.29, 1.82) is 0 Å². The molecule has 1 heterocycles. The molecule has 1 aromatic heterocycles. The molecule has 7 heteroatoms. The molecule has 2 rings (SSSR count). The molecule has 0 unspecified atom stereocenters. The summed E-state index contributed by atoms with van der Waals surface area (Å²) < 4.78 is 16.1. The number of nitrogens with one attached hydrogen (secondary N) is 1. The van der Waals surface area contributed by atoms with E-state index in [-0.39, 0.29) is 5.91 Å². The molecule has 0 fully saturated rings. The largest absolute Gasteiger partial charge is 0.493 e. The summed E-state index contributed by atoms with van der Waals surface area (Å²) >= 11 is 0. The number of hydrogen-bond donors (Lipinski definition) is 1. The van der Waals surface area contributed by atoms with Crippen LogP contribution in [-0.4, -0.2) is 50.2 Å². The predicted molar refractivity (Wildman–Crippen MR) is 110 cm³/mol. The first kappa shape index (κ1) is 21.3. The van der Waals surface area contributed by atoms with Gasteiger partial charge in [-0.25, -0.2) is 4.98 Å². The van der Waals surface area contributed by atoms with Gasteiger partial charge in [-0.15, -0.1) is 0 Å². The minimum Gasteiger partial charge on any atom is -0.493 e. The Morgan fingerprint density at radius 2 is 1.61 bits per heavy atom. The topological polar surface area (TPSA) is 72.9 Å². The van der Waals surface area contributed by atoms with Gasteiger partial charge in [0.25, 0.3) is 5.91 Å². The Morgan fingerprint density at radius 1 is 1.00 bits per heavy atom. The summed E-state index contributed by atoms with van der Waals surface area (Å²) in [5, 5.41) is 3.20. The molecule has 1 aromatic carbocycles. The third-order valence-corrected chi connectivity index (χ3v) is 4.22. The fourth-order valence-electron chi connectivity index (χ4n) is 2.93. The van der Waals surface area contributed by atoms with Gasteiger partial charge in [-0.05, 0) is 25.0 Å². The van der Waals surface area contributed by atoms with Crippen LogP contribution in [0.5, 0.6) is 17.2 Å². The highest BCUT2D eigenvalue weighted by Gasteiger charge is 2.16. The summed E-state index contributed by atoms with van der Waals surface area (Å²) in [6, 6.07) is 7.17. The van der Waals surface area contributed by atoms with E-state index in [2.05, 4.69) is 24.1 Å². The van der Waals surface area contributed by atoms with Crippen LogP contribution in [0.1, 0.15) is 37.0 Å². The van der Waals surface area contributed by atoms with E-state index < -0.39 is 0 Å². The molecular formula is C21H29N3O4. The number of carbonyl (C=O) groups excluding carboxylic acids is 1. The zero-order chi connectivity index (χ0) is 20.5. The van der Waals surface area contributed by atoms with E-state index in [1.165, 1.54) is 0 Å². The van der Waals surface area contributed by atoms with Gasteiger partial charge in [-0.3, -0.25) is 4.79 Å². The third kappa shape index (κ3) is 5.06. The monoisotopic (exact) mass is 387 g/mol. The smallest absolute Gasteiger partial charge is 0.255 e. The number of ether oxygens (including phenoxy) is 3. The quantitative estimate of drug-likeness (QED) is 0.661. The van der Waals surface area contributed by atoms with Crippen molar-refractivity contribution in [2.24, 2.45) is 0 Å². The lowest BCUT2D eigenvalue weighted by atomic mass is 10.2. The first-order chi connectivity index (χ1) is 13.6. The van der Waals surface area contributed by atoms with Crippen molar-refractivity contribution in [3.8, 4) is 17.2 Å². The van der Waals surface area contributed by atoms with Crippen LogP contribution in [0.4, 0.5) is 11.5 Å².